The van der Waals surface area contributed by atoms with Crippen molar-refractivity contribution >= 4 is 23.4 Å². The van der Waals surface area contributed by atoms with Crippen molar-refractivity contribution in [1.29, 1.82) is 0 Å². The number of ether oxygens (including phenoxy) is 1. The number of benzene rings is 1. The predicted octanol–water partition coefficient (Wildman–Crippen LogP) is 3.99. The van der Waals surface area contributed by atoms with Crippen LogP contribution in [0.25, 0.3) is 11.1 Å². The van der Waals surface area contributed by atoms with Crippen molar-refractivity contribution in [3.05, 3.63) is 30.6 Å². The summed E-state index contributed by atoms with van der Waals surface area (Å²) in [5.74, 6) is -0.0417. The predicted molar refractivity (Wildman–Crippen MR) is 108 cm³/mol. The van der Waals surface area contributed by atoms with Crippen molar-refractivity contribution in [2.24, 2.45) is 0 Å². The number of rotatable bonds is 3. The van der Waals surface area contributed by atoms with E-state index in [1.165, 1.54) is 12.8 Å². The van der Waals surface area contributed by atoms with Gasteiger partial charge in [-0.2, -0.15) is 5.10 Å². The van der Waals surface area contributed by atoms with Gasteiger partial charge in [0.05, 0.1) is 35.8 Å². The highest BCUT2D eigenvalue weighted by atomic mass is 16.6. The lowest BCUT2D eigenvalue weighted by Crippen LogP contribution is -2.51. The quantitative estimate of drug-likeness (QED) is 0.805. The second-order valence-electron chi connectivity index (χ2n) is 7.92. The molecule has 2 aromatic rings. The molecule has 1 saturated carbocycles. The molecule has 0 bridgehead atoms. The molecule has 1 aromatic carbocycles. The van der Waals surface area contributed by atoms with Crippen molar-refractivity contribution in [3.63, 3.8) is 0 Å². The molecule has 28 heavy (non-hydrogen) atoms. The molecular weight excluding hydrogens is 356 g/mol. The van der Waals surface area contributed by atoms with Gasteiger partial charge in [-0.3, -0.25) is 14.4 Å². The Hall–Kier alpha value is -2.83. The SMILES string of the molecule is CC(=O)N1c2ccc(-c3cnn(C4CC4)c3)cc2N(C(=O)OC(C)C)C[C@@H]1C. The third-order valence-electron chi connectivity index (χ3n) is 5.17. The number of anilines is 2. The van der Waals surface area contributed by atoms with E-state index in [9.17, 15) is 9.59 Å². The molecular formula is C21H26N4O3. The van der Waals surface area contributed by atoms with Crippen LogP contribution in [0, 0.1) is 0 Å². The summed E-state index contributed by atoms with van der Waals surface area (Å²) >= 11 is 0. The van der Waals surface area contributed by atoms with E-state index in [-0.39, 0.29) is 18.1 Å². The summed E-state index contributed by atoms with van der Waals surface area (Å²) in [4.78, 5) is 28.3. The van der Waals surface area contributed by atoms with E-state index in [0.29, 0.717) is 18.3 Å². The standard InChI is InChI=1S/C21H26N4O3/c1-13(2)28-21(27)23-11-14(3)25(15(4)26)19-8-5-16(9-20(19)23)17-10-22-24(12-17)18-6-7-18/h5,8-10,12-14,18H,6-7,11H2,1-4H3/t14-/m0/s1. The average molecular weight is 382 g/mol. The van der Waals surface area contributed by atoms with Crippen LogP contribution in [0.1, 0.15) is 46.6 Å². The van der Waals surface area contributed by atoms with Crippen molar-refractivity contribution in [2.45, 2.75) is 58.7 Å². The van der Waals surface area contributed by atoms with Gasteiger partial charge in [-0.05, 0) is 51.3 Å². The first-order valence-corrected chi connectivity index (χ1v) is 9.81. The molecule has 4 rings (SSSR count). The summed E-state index contributed by atoms with van der Waals surface area (Å²) in [5, 5.41) is 4.46. The third-order valence-corrected chi connectivity index (χ3v) is 5.17. The Morgan fingerprint density at radius 3 is 2.57 bits per heavy atom. The first-order valence-electron chi connectivity index (χ1n) is 9.81. The fraction of sp³-hybridized carbons (Fsp3) is 0.476. The Kier molecular flexibility index (Phi) is 4.61. The van der Waals surface area contributed by atoms with Crippen LogP contribution in [0.3, 0.4) is 0 Å². The van der Waals surface area contributed by atoms with Gasteiger partial charge >= 0.3 is 6.09 Å². The summed E-state index contributed by atoms with van der Waals surface area (Å²) in [5.41, 5.74) is 3.38. The van der Waals surface area contributed by atoms with Crippen LogP contribution in [0.5, 0.6) is 0 Å². The van der Waals surface area contributed by atoms with Gasteiger partial charge in [0.1, 0.15) is 0 Å². The number of hydrogen-bond donors (Lipinski definition) is 0. The smallest absolute Gasteiger partial charge is 0.414 e. The van der Waals surface area contributed by atoms with Gasteiger partial charge < -0.3 is 9.64 Å². The van der Waals surface area contributed by atoms with Crippen LogP contribution >= 0.6 is 0 Å². The molecule has 1 fully saturated rings. The van der Waals surface area contributed by atoms with Gasteiger partial charge in [0.2, 0.25) is 5.91 Å². The van der Waals surface area contributed by atoms with Crippen LogP contribution in [0.2, 0.25) is 0 Å². The zero-order valence-electron chi connectivity index (χ0n) is 16.8. The number of carbonyl (C=O) groups is 2. The second kappa shape index (κ2) is 6.96. The number of carbonyl (C=O) groups excluding carboxylic acids is 2. The fourth-order valence-electron chi connectivity index (χ4n) is 3.75. The lowest BCUT2D eigenvalue weighted by Gasteiger charge is -2.40. The van der Waals surface area contributed by atoms with Crippen molar-refractivity contribution in [3.8, 4) is 11.1 Å². The Balaban J connectivity index is 1.75. The van der Waals surface area contributed by atoms with E-state index >= 15 is 0 Å². The van der Waals surface area contributed by atoms with E-state index in [4.69, 9.17) is 4.74 Å². The zero-order valence-corrected chi connectivity index (χ0v) is 16.8. The van der Waals surface area contributed by atoms with E-state index < -0.39 is 6.09 Å². The minimum atomic E-state index is -0.392. The van der Waals surface area contributed by atoms with Gasteiger partial charge in [0.25, 0.3) is 0 Å². The maximum absolute atomic E-state index is 12.7. The van der Waals surface area contributed by atoms with Crippen molar-refractivity contribution in [1.82, 2.24) is 9.78 Å². The Morgan fingerprint density at radius 1 is 1.18 bits per heavy atom. The van der Waals surface area contributed by atoms with Crippen molar-refractivity contribution < 1.29 is 14.3 Å². The van der Waals surface area contributed by atoms with Crippen LogP contribution in [0.4, 0.5) is 16.2 Å². The molecule has 2 amide bonds. The number of nitrogens with zero attached hydrogens (tertiary/aromatic N) is 4. The second-order valence-corrected chi connectivity index (χ2v) is 7.92. The van der Waals surface area contributed by atoms with E-state index in [1.54, 1.807) is 16.7 Å². The molecule has 1 aliphatic carbocycles. The van der Waals surface area contributed by atoms with E-state index in [0.717, 1.165) is 16.8 Å². The Morgan fingerprint density at radius 2 is 1.93 bits per heavy atom. The highest BCUT2D eigenvalue weighted by Crippen LogP contribution is 2.40. The summed E-state index contributed by atoms with van der Waals surface area (Å²) in [6.45, 7) is 7.54. The number of fused-ring (bicyclic) bond motifs is 1. The van der Waals surface area contributed by atoms with Gasteiger partial charge in [0.15, 0.2) is 0 Å². The third kappa shape index (κ3) is 3.37. The molecule has 2 heterocycles. The van der Waals surface area contributed by atoms with Crippen LogP contribution in [-0.2, 0) is 9.53 Å². The number of hydrogen-bond acceptors (Lipinski definition) is 4. The molecule has 0 radical (unpaired) electrons. The molecule has 0 unspecified atom stereocenters. The molecule has 148 valence electrons. The van der Waals surface area contributed by atoms with Gasteiger partial charge in [-0.15, -0.1) is 0 Å². The maximum atomic E-state index is 12.7. The summed E-state index contributed by atoms with van der Waals surface area (Å²) in [6, 6.07) is 6.22. The zero-order chi connectivity index (χ0) is 20.0. The lowest BCUT2D eigenvalue weighted by atomic mass is 10.0. The van der Waals surface area contributed by atoms with Gasteiger partial charge in [0, 0.05) is 25.2 Å². The maximum Gasteiger partial charge on any atom is 0.414 e. The Bertz CT molecular complexity index is 916. The molecule has 7 heteroatoms. The van der Waals surface area contributed by atoms with Crippen LogP contribution < -0.4 is 9.80 Å². The largest absolute Gasteiger partial charge is 0.446 e. The highest BCUT2D eigenvalue weighted by molar-refractivity contribution is 6.03. The lowest BCUT2D eigenvalue weighted by molar-refractivity contribution is -0.117. The minimum Gasteiger partial charge on any atom is -0.446 e. The summed E-state index contributed by atoms with van der Waals surface area (Å²) in [6.07, 6.45) is 5.64. The summed E-state index contributed by atoms with van der Waals surface area (Å²) < 4.78 is 7.45. The summed E-state index contributed by atoms with van der Waals surface area (Å²) in [7, 11) is 0. The van der Waals surface area contributed by atoms with Gasteiger partial charge in [-0.25, -0.2) is 4.79 Å². The molecule has 1 aliphatic heterocycles. The number of aromatic nitrogens is 2. The fourth-order valence-corrected chi connectivity index (χ4v) is 3.75. The van der Waals surface area contributed by atoms with E-state index in [2.05, 4.69) is 5.10 Å². The van der Waals surface area contributed by atoms with Gasteiger partial charge in [-0.1, -0.05) is 6.07 Å². The average Bonchev–Trinajstić information content (AvgIpc) is 3.36. The first-order chi connectivity index (χ1) is 13.3. The van der Waals surface area contributed by atoms with Crippen molar-refractivity contribution in [2.75, 3.05) is 16.3 Å². The molecule has 0 saturated heterocycles. The highest BCUT2D eigenvalue weighted by Gasteiger charge is 2.35. The molecule has 7 nitrogen and oxygen atoms in total. The number of amides is 2. The molecule has 2 aliphatic rings. The normalized spacial score (nSPS) is 19.0. The van der Waals surface area contributed by atoms with Crippen LogP contribution in [0.15, 0.2) is 30.6 Å². The molecule has 0 N–H and O–H groups in total. The first kappa shape index (κ1) is 18.5. The Labute approximate surface area is 164 Å². The topological polar surface area (TPSA) is 67.7 Å². The van der Waals surface area contributed by atoms with E-state index in [1.807, 2.05) is 56.0 Å². The molecule has 0 spiro atoms. The monoisotopic (exact) mass is 382 g/mol. The molecule has 1 atom stereocenters. The molecule has 1 aromatic heterocycles. The van der Waals surface area contributed by atoms with Crippen LogP contribution in [-0.4, -0.2) is 40.5 Å². The minimum absolute atomic E-state index is 0.0417.